The van der Waals surface area contributed by atoms with Gasteiger partial charge in [-0.05, 0) is 38.8 Å². The minimum absolute atomic E-state index is 0.533. The van der Waals surface area contributed by atoms with Crippen LogP contribution in [0.4, 0.5) is 0 Å². The highest BCUT2D eigenvalue weighted by atomic mass is 16.5. The van der Waals surface area contributed by atoms with Gasteiger partial charge >= 0.3 is 0 Å². The highest BCUT2D eigenvalue weighted by molar-refractivity contribution is 4.86. The van der Waals surface area contributed by atoms with Gasteiger partial charge in [0.25, 0.3) is 0 Å². The summed E-state index contributed by atoms with van der Waals surface area (Å²) in [5, 5.41) is 3.20. The summed E-state index contributed by atoms with van der Waals surface area (Å²) in [6, 6.07) is 0. The van der Waals surface area contributed by atoms with Crippen LogP contribution in [0.3, 0.4) is 0 Å². The number of hydrogen-bond acceptors (Lipinski definition) is 2. The molecule has 1 aliphatic heterocycles. The van der Waals surface area contributed by atoms with E-state index in [1.165, 1.54) is 19.3 Å². The SMILES string of the molecule is CNCCCC1(CC(C)C)COC1. The van der Waals surface area contributed by atoms with Crippen molar-refractivity contribution in [1.29, 1.82) is 0 Å². The van der Waals surface area contributed by atoms with Crippen LogP contribution in [0.2, 0.25) is 0 Å². The first-order valence-corrected chi connectivity index (χ1v) is 5.41. The van der Waals surface area contributed by atoms with Crippen LogP contribution in [0.15, 0.2) is 0 Å². The van der Waals surface area contributed by atoms with E-state index in [1.807, 2.05) is 7.05 Å². The van der Waals surface area contributed by atoms with E-state index >= 15 is 0 Å². The highest BCUT2D eigenvalue weighted by Crippen LogP contribution is 2.38. The van der Waals surface area contributed by atoms with Crippen molar-refractivity contribution in [2.75, 3.05) is 26.8 Å². The lowest BCUT2D eigenvalue weighted by Gasteiger charge is -2.43. The van der Waals surface area contributed by atoms with Gasteiger partial charge in [0.05, 0.1) is 13.2 Å². The number of hydrogen-bond donors (Lipinski definition) is 1. The molecule has 1 heterocycles. The molecule has 0 saturated carbocycles. The predicted octanol–water partition coefficient (Wildman–Crippen LogP) is 2.05. The van der Waals surface area contributed by atoms with Gasteiger partial charge in [-0.1, -0.05) is 13.8 Å². The first-order chi connectivity index (χ1) is 6.18. The van der Waals surface area contributed by atoms with Gasteiger partial charge < -0.3 is 10.1 Å². The summed E-state index contributed by atoms with van der Waals surface area (Å²) in [7, 11) is 2.02. The summed E-state index contributed by atoms with van der Waals surface area (Å²) in [6.07, 6.45) is 3.94. The molecule has 0 spiro atoms. The van der Waals surface area contributed by atoms with Crippen molar-refractivity contribution >= 4 is 0 Å². The zero-order valence-corrected chi connectivity index (χ0v) is 9.23. The van der Waals surface area contributed by atoms with Crippen LogP contribution in [-0.2, 0) is 4.74 Å². The zero-order chi connectivity index (χ0) is 9.73. The highest BCUT2D eigenvalue weighted by Gasteiger charge is 2.37. The molecule has 2 nitrogen and oxygen atoms in total. The minimum atomic E-state index is 0.533. The zero-order valence-electron chi connectivity index (χ0n) is 9.23. The Labute approximate surface area is 82.0 Å². The standard InChI is InChI=1S/C11H23NO/c1-10(2)7-11(8-13-9-11)5-4-6-12-3/h10,12H,4-9H2,1-3H3. The molecule has 2 heteroatoms. The molecule has 1 rings (SSSR count). The lowest BCUT2D eigenvalue weighted by Crippen LogP contribution is -2.43. The monoisotopic (exact) mass is 185 g/mol. The van der Waals surface area contributed by atoms with Crippen molar-refractivity contribution in [3.8, 4) is 0 Å². The number of ether oxygens (including phenoxy) is 1. The van der Waals surface area contributed by atoms with Crippen LogP contribution < -0.4 is 5.32 Å². The van der Waals surface area contributed by atoms with E-state index in [0.29, 0.717) is 5.41 Å². The maximum atomic E-state index is 5.35. The smallest absolute Gasteiger partial charge is 0.0544 e. The van der Waals surface area contributed by atoms with Crippen molar-refractivity contribution in [2.24, 2.45) is 11.3 Å². The summed E-state index contributed by atoms with van der Waals surface area (Å²) >= 11 is 0. The molecule has 78 valence electrons. The van der Waals surface area contributed by atoms with Crippen molar-refractivity contribution in [3.63, 3.8) is 0 Å². The largest absolute Gasteiger partial charge is 0.380 e. The summed E-state index contributed by atoms with van der Waals surface area (Å²) in [6.45, 7) is 7.74. The van der Waals surface area contributed by atoms with Crippen LogP contribution in [0, 0.1) is 11.3 Å². The minimum Gasteiger partial charge on any atom is -0.380 e. The first-order valence-electron chi connectivity index (χ1n) is 5.41. The lowest BCUT2D eigenvalue weighted by molar-refractivity contribution is -0.127. The quantitative estimate of drug-likeness (QED) is 0.639. The summed E-state index contributed by atoms with van der Waals surface area (Å²) in [5.74, 6) is 0.804. The third-order valence-electron chi connectivity index (χ3n) is 2.79. The van der Waals surface area contributed by atoms with Crippen LogP contribution in [-0.4, -0.2) is 26.8 Å². The van der Waals surface area contributed by atoms with E-state index in [-0.39, 0.29) is 0 Å². The van der Waals surface area contributed by atoms with Crippen molar-refractivity contribution in [2.45, 2.75) is 33.1 Å². The molecule has 0 aromatic rings. The maximum Gasteiger partial charge on any atom is 0.0544 e. The van der Waals surface area contributed by atoms with Gasteiger partial charge in [-0.25, -0.2) is 0 Å². The van der Waals surface area contributed by atoms with Gasteiger partial charge in [0.1, 0.15) is 0 Å². The molecule has 0 radical (unpaired) electrons. The van der Waals surface area contributed by atoms with Crippen molar-refractivity contribution in [1.82, 2.24) is 5.32 Å². The van der Waals surface area contributed by atoms with E-state index in [4.69, 9.17) is 4.74 Å². The van der Waals surface area contributed by atoms with E-state index in [1.54, 1.807) is 0 Å². The molecular formula is C11H23NO. The van der Waals surface area contributed by atoms with Gasteiger partial charge in [0.15, 0.2) is 0 Å². The maximum absolute atomic E-state index is 5.35. The topological polar surface area (TPSA) is 21.3 Å². The molecule has 1 saturated heterocycles. The first kappa shape index (κ1) is 11.0. The molecule has 0 bridgehead atoms. The molecule has 0 unspecified atom stereocenters. The van der Waals surface area contributed by atoms with Crippen LogP contribution in [0.25, 0.3) is 0 Å². The molecule has 0 amide bonds. The Morgan fingerprint density at radius 2 is 2.08 bits per heavy atom. The molecule has 1 fully saturated rings. The molecule has 1 aliphatic rings. The van der Waals surface area contributed by atoms with Crippen molar-refractivity contribution in [3.05, 3.63) is 0 Å². The molecule has 13 heavy (non-hydrogen) atoms. The Balaban J connectivity index is 2.23. The second-order valence-corrected chi connectivity index (χ2v) is 4.80. The molecule has 1 N–H and O–H groups in total. The Bertz CT molecular complexity index is 141. The lowest BCUT2D eigenvalue weighted by atomic mass is 9.75. The van der Waals surface area contributed by atoms with Crippen LogP contribution in [0.5, 0.6) is 0 Å². The van der Waals surface area contributed by atoms with Crippen molar-refractivity contribution < 1.29 is 4.74 Å². The fraction of sp³-hybridized carbons (Fsp3) is 1.00. The van der Waals surface area contributed by atoms with E-state index in [0.717, 1.165) is 25.7 Å². The van der Waals surface area contributed by atoms with Gasteiger partial charge in [0, 0.05) is 5.41 Å². The molecule has 0 aromatic carbocycles. The fourth-order valence-corrected chi connectivity index (χ4v) is 2.26. The normalized spacial score (nSPS) is 20.3. The second kappa shape index (κ2) is 4.97. The van der Waals surface area contributed by atoms with Crippen LogP contribution >= 0.6 is 0 Å². The Hall–Kier alpha value is -0.0800. The Morgan fingerprint density at radius 1 is 1.38 bits per heavy atom. The van der Waals surface area contributed by atoms with E-state index < -0.39 is 0 Å². The summed E-state index contributed by atoms with van der Waals surface area (Å²) < 4.78 is 5.35. The Morgan fingerprint density at radius 3 is 2.46 bits per heavy atom. The average molecular weight is 185 g/mol. The molecule has 0 aliphatic carbocycles. The van der Waals surface area contributed by atoms with Gasteiger partial charge in [0.2, 0.25) is 0 Å². The summed E-state index contributed by atoms with van der Waals surface area (Å²) in [4.78, 5) is 0. The molecular weight excluding hydrogens is 162 g/mol. The molecule has 0 atom stereocenters. The number of nitrogens with one attached hydrogen (secondary N) is 1. The Kier molecular flexibility index (Phi) is 4.20. The van der Waals surface area contributed by atoms with Gasteiger partial charge in [-0.3, -0.25) is 0 Å². The van der Waals surface area contributed by atoms with Gasteiger partial charge in [-0.15, -0.1) is 0 Å². The van der Waals surface area contributed by atoms with Gasteiger partial charge in [-0.2, -0.15) is 0 Å². The average Bonchev–Trinajstić information content (AvgIpc) is 1.99. The second-order valence-electron chi connectivity index (χ2n) is 4.80. The fourth-order valence-electron chi connectivity index (χ4n) is 2.26. The molecule has 0 aromatic heterocycles. The van der Waals surface area contributed by atoms with E-state index in [2.05, 4.69) is 19.2 Å². The number of rotatable bonds is 6. The summed E-state index contributed by atoms with van der Waals surface area (Å²) in [5.41, 5.74) is 0.533. The van der Waals surface area contributed by atoms with E-state index in [9.17, 15) is 0 Å². The third kappa shape index (κ3) is 3.28. The van der Waals surface area contributed by atoms with Crippen LogP contribution in [0.1, 0.15) is 33.1 Å². The predicted molar refractivity (Wildman–Crippen MR) is 55.9 cm³/mol. The third-order valence-corrected chi connectivity index (χ3v) is 2.79.